The first kappa shape index (κ1) is 11.8. The van der Waals surface area contributed by atoms with Crippen LogP contribution >= 0.6 is 0 Å². The highest BCUT2D eigenvalue weighted by molar-refractivity contribution is 4.54. The van der Waals surface area contributed by atoms with Gasteiger partial charge in [-0.1, -0.05) is 33.1 Å². The van der Waals surface area contributed by atoms with Crippen molar-refractivity contribution in [1.82, 2.24) is 0 Å². The van der Waals surface area contributed by atoms with E-state index < -0.39 is 12.6 Å². The number of hydrogen-bond donors (Lipinski definition) is 0. The van der Waals surface area contributed by atoms with Crippen LogP contribution in [-0.2, 0) is 0 Å². The first-order valence-corrected chi connectivity index (χ1v) is 4.52. The third kappa shape index (κ3) is 7.89. The molecule has 0 aliphatic rings. The summed E-state index contributed by atoms with van der Waals surface area (Å²) >= 11 is 0. The van der Waals surface area contributed by atoms with E-state index in [4.69, 9.17) is 0 Å². The highest BCUT2D eigenvalue weighted by Crippen LogP contribution is 2.23. The fourth-order valence-corrected chi connectivity index (χ4v) is 1.02. The van der Waals surface area contributed by atoms with Crippen molar-refractivity contribution in [2.45, 2.75) is 52.1 Å². The zero-order valence-corrected chi connectivity index (χ0v) is 7.75. The molecule has 0 unspecified atom stereocenters. The molecule has 0 aliphatic carbocycles. The standard InChI is InChI=1S/C9H17F3/c1-3-8(2)6-4-5-7-9(10,11)12/h8H,3-7H2,1-2H3/t8-/m0/s1. The van der Waals surface area contributed by atoms with Gasteiger partial charge in [0.15, 0.2) is 0 Å². The molecule has 0 spiro atoms. The van der Waals surface area contributed by atoms with Crippen molar-refractivity contribution >= 4 is 0 Å². The fraction of sp³-hybridized carbons (Fsp3) is 1.00. The predicted octanol–water partition coefficient (Wildman–Crippen LogP) is 4.16. The van der Waals surface area contributed by atoms with Crippen LogP contribution < -0.4 is 0 Å². The van der Waals surface area contributed by atoms with E-state index in [-0.39, 0.29) is 6.42 Å². The van der Waals surface area contributed by atoms with E-state index in [2.05, 4.69) is 13.8 Å². The molecule has 0 aromatic heterocycles. The van der Waals surface area contributed by atoms with Gasteiger partial charge < -0.3 is 0 Å². The molecule has 0 fully saturated rings. The van der Waals surface area contributed by atoms with E-state index in [1.807, 2.05) is 0 Å². The van der Waals surface area contributed by atoms with Crippen LogP contribution in [0.15, 0.2) is 0 Å². The molecule has 0 radical (unpaired) electrons. The Balaban J connectivity index is 3.22. The summed E-state index contributed by atoms with van der Waals surface area (Å²) in [5, 5.41) is 0. The Hall–Kier alpha value is -0.210. The van der Waals surface area contributed by atoms with Gasteiger partial charge in [-0.15, -0.1) is 0 Å². The van der Waals surface area contributed by atoms with Crippen LogP contribution in [0.25, 0.3) is 0 Å². The number of halogens is 3. The lowest BCUT2D eigenvalue weighted by Crippen LogP contribution is -2.06. The van der Waals surface area contributed by atoms with Crippen LogP contribution in [0.5, 0.6) is 0 Å². The molecule has 0 aromatic carbocycles. The van der Waals surface area contributed by atoms with E-state index in [0.717, 1.165) is 12.8 Å². The molecule has 0 N–H and O–H groups in total. The van der Waals surface area contributed by atoms with Crippen LogP contribution in [0.3, 0.4) is 0 Å². The quantitative estimate of drug-likeness (QED) is 0.560. The molecule has 3 heteroatoms. The summed E-state index contributed by atoms with van der Waals surface area (Å²) in [5.41, 5.74) is 0. The topological polar surface area (TPSA) is 0 Å². The number of alkyl halides is 3. The van der Waals surface area contributed by atoms with Gasteiger partial charge in [0.2, 0.25) is 0 Å². The lowest BCUT2D eigenvalue weighted by Gasteiger charge is -2.08. The zero-order valence-electron chi connectivity index (χ0n) is 7.75. The average molecular weight is 182 g/mol. The van der Waals surface area contributed by atoms with Gasteiger partial charge in [0.1, 0.15) is 0 Å². The van der Waals surface area contributed by atoms with Gasteiger partial charge in [0.25, 0.3) is 0 Å². The summed E-state index contributed by atoms with van der Waals surface area (Å²) in [6.45, 7) is 4.14. The Labute approximate surface area is 72.2 Å². The Bertz CT molecular complexity index is 107. The summed E-state index contributed by atoms with van der Waals surface area (Å²) in [4.78, 5) is 0. The van der Waals surface area contributed by atoms with Crippen molar-refractivity contribution in [2.24, 2.45) is 5.92 Å². The molecule has 0 amide bonds. The first-order chi connectivity index (χ1) is 5.45. The minimum Gasteiger partial charge on any atom is -0.171 e. The monoisotopic (exact) mass is 182 g/mol. The van der Waals surface area contributed by atoms with Gasteiger partial charge in [-0.2, -0.15) is 13.2 Å². The maximum Gasteiger partial charge on any atom is 0.389 e. The predicted molar refractivity (Wildman–Crippen MR) is 44.0 cm³/mol. The second-order valence-corrected chi connectivity index (χ2v) is 3.37. The SMILES string of the molecule is CC[C@H](C)CCCCC(F)(F)F. The molecule has 0 saturated heterocycles. The fourth-order valence-electron chi connectivity index (χ4n) is 1.02. The normalized spacial score (nSPS) is 14.8. The average Bonchev–Trinajstić information content (AvgIpc) is 1.96. The van der Waals surface area contributed by atoms with Gasteiger partial charge in [0, 0.05) is 6.42 Å². The van der Waals surface area contributed by atoms with Crippen LogP contribution in [0.1, 0.15) is 46.0 Å². The van der Waals surface area contributed by atoms with E-state index in [1.165, 1.54) is 0 Å². The van der Waals surface area contributed by atoms with Crippen molar-refractivity contribution in [3.63, 3.8) is 0 Å². The number of rotatable bonds is 5. The molecule has 0 aromatic rings. The van der Waals surface area contributed by atoms with Crippen molar-refractivity contribution in [2.75, 3.05) is 0 Å². The molecular weight excluding hydrogens is 165 g/mol. The van der Waals surface area contributed by atoms with E-state index in [0.29, 0.717) is 12.3 Å². The minimum absolute atomic E-state index is 0.286. The molecule has 12 heavy (non-hydrogen) atoms. The number of unbranched alkanes of at least 4 members (excludes halogenated alkanes) is 1. The first-order valence-electron chi connectivity index (χ1n) is 4.52. The Morgan fingerprint density at radius 2 is 1.75 bits per heavy atom. The molecule has 0 saturated carbocycles. The molecule has 1 atom stereocenters. The van der Waals surface area contributed by atoms with Gasteiger partial charge in [-0.3, -0.25) is 0 Å². The minimum atomic E-state index is -3.96. The lowest BCUT2D eigenvalue weighted by atomic mass is 10.0. The number of hydrogen-bond acceptors (Lipinski definition) is 0. The van der Waals surface area contributed by atoms with Crippen LogP contribution in [0, 0.1) is 5.92 Å². The Morgan fingerprint density at radius 3 is 2.17 bits per heavy atom. The maximum atomic E-state index is 11.7. The second-order valence-electron chi connectivity index (χ2n) is 3.37. The highest BCUT2D eigenvalue weighted by Gasteiger charge is 2.25. The van der Waals surface area contributed by atoms with Crippen molar-refractivity contribution in [1.29, 1.82) is 0 Å². The van der Waals surface area contributed by atoms with Crippen LogP contribution in [0.4, 0.5) is 13.2 Å². The second kappa shape index (κ2) is 5.44. The summed E-state index contributed by atoms with van der Waals surface area (Å²) in [6.07, 6.45) is -1.61. The molecule has 74 valence electrons. The molecular formula is C9H17F3. The zero-order chi connectivity index (χ0) is 9.61. The molecule has 0 nitrogen and oxygen atoms in total. The lowest BCUT2D eigenvalue weighted by molar-refractivity contribution is -0.135. The van der Waals surface area contributed by atoms with E-state index in [1.54, 1.807) is 0 Å². The molecule has 0 bridgehead atoms. The molecule has 0 rings (SSSR count). The maximum absolute atomic E-state index is 11.7. The summed E-state index contributed by atoms with van der Waals surface area (Å²) in [5.74, 6) is 0.568. The van der Waals surface area contributed by atoms with Crippen LogP contribution in [0.2, 0.25) is 0 Å². The largest absolute Gasteiger partial charge is 0.389 e. The smallest absolute Gasteiger partial charge is 0.171 e. The molecule has 0 aliphatic heterocycles. The van der Waals surface area contributed by atoms with Gasteiger partial charge in [0.05, 0.1) is 0 Å². The van der Waals surface area contributed by atoms with Gasteiger partial charge in [-0.05, 0) is 12.3 Å². The van der Waals surface area contributed by atoms with Gasteiger partial charge in [-0.25, -0.2) is 0 Å². The van der Waals surface area contributed by atoms with Crippen molar-refractivity contribution in [3.8, 4) is 0 Å². The third-order valence-electron chi connectivity index (χ3n) is 2.10. The Morgan fingerprint density at radius 1 is 1.17 bits per heavy atom. The van der Waals surface area contributed by atoms with Crippen molar-refractivity contribution < 1.29 is 13.2 Å². The van der Waals surface area contributed by atoms with Crippen LogP contribution in [-0.4, -0.2) is 6.18 Å². The van der Waals surface area contributed by atoms with E-state index in [9.17, 15) is 13.2 Å². The van der Waals surface area contributed by atoms with Crippen molar-refractivity contribution in [3.05, 3.63) is 0 Å². The van der Waals surface area contributed by atoms with Gasteiger partial charge >= 0.3 is 6.18 Å². The highest BCUT2D eigenvalue weighted by atomic mass is 19.4. The molecule has 0 heterocycles. The van der Waals surface area contributed by atoms with E-state index >= 15 is 0 Å². The summed E-state index contributed by atoms with van der Waals surface area (Å²) in [7, 11) is 0. The summed E-state index contributed by atoms with van der Waals surface area (Å²) in [6, 6.07) is 0. The third-order valence-corrected chi connectivity index (χ3v) is 2.10. The summed E-state index contributed by atoms with van der Waals surface area (Å²) < 4.78 is 35.0. The Kier molecular flexibility index (Phi) is 5.34.